The first kappa shape index (κ1) is 22.5. The average molecular weight is 455 g/mol. The van der Waals surface area contributed by atoms with E-state index < -0.39 is 10.0 Å². The van der Waals surface area contributed by atoms with E-state index in [1.54, 1.807) is 18.2 Å². The fourth-order valence-corrected chi connectivity index (χ4v) is 5.58. The lowest BCUT2D eigenvalue weighted by Crippen LogP contribution is -2.45. The highest BCUT2D eigenvalue weighted by atomic mass is 32.2. The van der Waals surface area contributed by atoms with E-state index >= 15 is 0 Å². The molecule has 8 heteroatoms. The van der Waals surface area contributed by atoms with Crippen molar-refractivity contribution in [1.82, 2.24) is 19.6 Å². The van der Waals surface area contributed by atoms with E-state index in [1.165, 1.54) is 4.31 Å². The fraction of sp³-hybridized carbons (Fsp3) is 0.417. The van der Waals surface area contributed by atoms with E-state index in [4.69, 9.17) is 0 Å². The molecule has 7 nitrogen and oxygen atoms in total. The predicted molar refractivity (Wildman–Crippen MR) is 125 cm³/mol. The largest absolute Gasteiger partial charge is 0.356 e. The summed E-state index contributed by atoms with van der Waals surface area (Å²) in [4.78, 5) is 20.6. The van der Waals surface area contributed by atoms with E-state index in [-0.39, 0.29) is 23.3 Å². The smallest absolute Gasteiger partial charge is 0.243 e. The Labute approximate surface area is 189 Å². The molecule has 32 heavy (non-hydrogen) atoms. The highest BCUT2D eigenvalue weighted by molar-refractivity contribution is 7.89. The molecule has 1 fully saturated rings. The molecule has 1 aliphatic heterocycles. The van der Waals surface area contributed by atoms with Gasteiger partial charge in [0.05, 0.1) is 21.8 Å². The van der Waals surface area contributed by atoms with Crippen LogP contribution in [0.3, 0.4) is 0 Å². The van der Waals surface area contributed by atoms with Gasteiger partial charge in [0.15, 0.2) is 0 Å². The summed E-state index contributed by atoms with van der Waals surface area (Å²) in [5.41, 5.74) is 2.32. The first-order chi connectivity index (χ1) is 15.3. The Morgan fingerprint density at radius 2 is 2.00 bits per heavy atom. The normalized spacial score (nSPS) is 17.7. The average Bonchev–Trinajstić information content (AvgIpc) is 3.23. The van der Waals surface area contributed by atoms with E-state index in [1.807, 2.05) is 30.3 Å². The molecule has 0 bridgehead atoms. The third-order valence-electron chi connectivity index (χ3n) is 5.91. The molecule has 1 amide bonds. The van der Waals surface area contributed by atoms with Crippen LogP contribution in [0.2, 0.25) is 0 Å². The van der Waals surface area contributed by atoms with E-state index in [0.717, 1.165) is 12.0 Å². The van der Waals surface area contributed by atoms with Crippen molar-refractivity contribution in [3.05, 3.63) is 48.5 Å². The van der Waals surface area contributed by atoms with Crippen LogP contribution in [-0.4, -0.2) is 48.2 Å². The number of imidazole rings is 1. The molecule has 0 radical (unpaired) electrons. The van der Waals surface area contributed by atoms with Crippen molar-refractivity contribution in [2.45, 2.75) is 38.0 Å². The standard InChI is InChI=1S/C24H30N4O3S/c1-17(2)12-13-25-24(29)19-9-6-14-28(16-19)32(30,31)20-10-11-21-22(15-20)27-23(26-21)18-7-4-3-5-8-18/h3-5,7-8,10-11,15,17,19H,6,9,12-14,16H2,1-2H3,(H,25,29)(H,26,27). The minimum atomic E-state index is -3.70. The Balaban J connectivity index is 1.51. The highest BCUT2D eigenvalue weighted by Crippen LogP contribution is 2.27. The molecule has 1 aliphatic rings. The van der Waals surface area contributed by atoms with Crippen molar-refractivity contribution >= 4 is 27.0 Å². The van der Waals surface area contributed by atoms with Gasteiger partial charge in [0.1, 0.15) is 5.82 Å². The van der Waals surface area contributed by atoms with Gasteiger partial charge in [0.2, 0.25) is 15.9 Å². The third kappa shape index (κ3) is 4.86. The van der Waals surface area contributed by atoms with Gasteiger partial charge in [-0.1, -0.05) is 44.2 Å². The van der Waals surface area contributed by atoms with Crippen molar-refractivity contribution in [2.24, 2.45) is 11.8 Å². The Bertz CT molecular complexity index is 1190. The van der Waals surface area contributed by atoms with Gasteiger partial charge in [0.25, 0.3) is 0 Å². The lowest BCUT2D eigenvalue weighted by molar-refractivity contribution is -0.126. The molecule has 4 rings (SSSR count). The second-order valence-corrected chi connectivity index (χ2v) is 10.7. The van der Waals surface area contributed by atoms with Gasteiger partial charge in [0, 0.05) is 25.2 Å². The number of carbonyl (C=O) groups excluding carboxylic acids is 1. The minimum absolute atomic E-state index is 0.0536. The van der Waals surface area contributed by atoms with Gasteiger partial charge in [-0.3, -0.25) is 4.79 Å². The Kier molecular flexibility index (Phi) is 6.62. The Morgan fingerprint density at radius 1 is 1.22 bits per heavy atom. The minimum Gasteiger partial charge on any atom is -0.356 e. The summed E-state index contributed by atoms with van der Waals surface area (Å²) < 4.78 is 28.1. The first-order valence-corrected chi connectivity index (χ1v) is 12.6. The molecule has 1 unspecified atom stereocenters. The van der Waals surface area contributed by atoms with Crippen LogP contribution in [0.5, 0.6) is 0 Å². The number of carbonyl (C=O) groups is 1. The molecular formula is C24H30N4O3S. The molecule has 170 valence electrons. The van der Waals surface area contributed by atoms with E-state index in [0.29, 0.717) is 48.7 Å². The lowest BCUT2D eigenvalue weighted by Gasteiger charge is -2.31. The van der Waals surface area contributed by atoms with Crippen LogP contribution in [0.15, 0.2) is 53.4 Å². The number of hydrogen-bond donors (Lipinski definition) is 2. The molecule has 2 heterocycles. The molecule has 1 atom stereocenters. The van der Waals surface area contributed by atoms with E-state index in [2.05, 4.69) is 29.1 Å². The number of hydrogen-bond acceptors (Lipinski definition) is 4. The molecule has 3 aromatic rings. The molecule has 2 aromatic carbocycles. The van der Waals surface area contributed by atoms with Crippen LogP contribution in [0, 0.1) is 11.8 Å². The summed E-state index contributed by atoms with van der Waals surface area (Å²) in [6, 6.07) is 14.7. The van der Waals surface area contributed by atoms with Gasteiger partial charge in [-0.05, 0) is 43.4 Å². The summed E-state index contributed by atoms with van der Waals surface area (Å²) in [6.07, 6.45) is 2.29. The molecular weight excluding hydrogens is 424 g/mol. The lowest BCUT2D eigenvalue weighted by atomic mass is 9.98. The molecule has 0 saturated carbocycles. The monoisotopic (exact) mass is 454 g/mol. The summed E-state index contributed by atoms with van der Waals surface area (Å²) in [6.45, 7) is 5.49. The van der Waals surface area contributed by atoms with Crippen molar-refractivity contribution in [3.63, 3.8) is 0 Å². The number of nitrogens with zero attached hydrogens (tertiary/aromatic N) is 2. The van der Waals surface area contributed by atoms with Gasteiger partial charge in [-0.15, -0.1) is 0 Å². The first-order valence-electron chi connectivity index (χ1n) is 11.2. The van der Waals surface area contributed by atoms with Crippen molar-refractivity contribution in [3.8, 4) is 11.4 Å². The van der Waals surface area contributed by atoms with Crippen molar-refractivity contribution in [1.29, 1.82) is 0 Å². The van der Waals surface area contributed by atoms with Gasteiger partial charge >= 0.3 is 0 Å². The number of piperidine rings is 1. The highest BCUT2D eigenvalue weighted by Gasteiger charge is 2.33. The van der Waals surface area contributed by atoms with Crippen LogP contribution in [0.4, 0.5) is 0 Å². The number of benzene rings is 2. The Hall–Kier alpha value is -2.71. The number of amides is 1. The fourth-order valence-electron chi connectivity index (χ4n) is 4.03. The third-order valence-corrected chi connectivity index (χ3v) is 7.78. The molecule has 0 aliphatic carbocycles. The zero-order valence-corrected chi connectivity index (χ0v) is 19.4. The molecule has 1 saturated heterocycles. The topological polar surface area (TPSA) is 95.2 Å². The number of fused-ring (bicyclic) bond motifs is 1. The number of nitrogens with one attached hydrogen (secondary N) is 2. The maximum Gasteiger partial charge on any atom is 0.243 e. The number of rotatable bonds is 7. The van der Waals surface area contributed by atoms with Crippen LogP contribution >= 0.6 is 0 Å². The Morgan fingerprint density at radius 3 is 2.75 bits per heavy atom. The number of H-pyrrole nitrogens is 1. The second-order valence-electron chi connectivity index (χ2n) is 8.81. The van der Waals surface area contributed by atoms with Crippen molar-refractivity contribution in [2.75, 3.05) is 19.6 Å². The van der Waals surface area contributed by atoms with Gasteiger partial charge in [-0.25, -0.2) is 13.4 Å². The van der Waals surface area contributed by atoms with E-state index in [9.17, 15) is 13.2 Å². The summed E-state index contributed by atoms with van der Waals surface area (Å²) in [5, 5.41) is 2.96. The second kappa shape index (κ2) is 9.42. The zero-order chi connectivity index (χ0) is 22.7. The summed E-state index contributed by atoms with van der Waals surface area (Å²) in [5.74, 6) is 0.845. The maximum absolute atomic E-state index is 13.3. The predicted octanol–water partition coefficient (Wildman–Crippen LogP) is 3.79. The summed E-state index contributed by atoms with van der Waals surface area (Å²) >= 11 is 0. The molecule has 1 aromatic heterocycles. The number of sulfonamides is 1. The quantitative estimate of drug-likeness (QED) is 0.568. The van der Waals surface area contributed by atoms with Crippen LogP contribution in [0.1, 0.15) is 33.1 Å². The SMILES string of the molecule is CC(C)CCNC(=O)C1CCCN(S(=O)(=O)c2ccc3nc(-c4ccccc4)[nH]c3c2)C1. The van der Waals surface area contributed by atoms with Gasteiger partial charge in [-0.2, -0.15) is 4.31 Å². The molecule has 0 spiro atoms. The summed E-state index contributed by atoms with van der Waals surface area (Å²) in [7, 11) is -3.70. The van der Waals surface area contributed by atoms with Crippen molar-refractivity contribution < 1.29 is 13.2 Å². The zero-order valence-electron chi connectivity index (χ0n) is 18.5. The van der Waals surface area contributed by atoms with Crippen LogP contribution in [0.25, 0.3) is 22.4 Å². The maximum atomic E-state index is 13.3. The molecule has 2 N–H and O–H groups in total. The number of aromatic nitrogens is 2. The van der Waals surface area contributed by atoms with Crippen LogP contribution in [-0.2, 0) is 14.8 Å². The van der Waals surface area contributed by atoms with Crippen LogP contribution < -0.4 is 5.32 Å². The number of aromatic amines is 1. The van der Waals surface area contributed by atoms with Gasteiger partial charge < -0.3 is 10.3 Å².